The van der Waals surface area contributed by atoms with Crippen LogP contribution in [-0.2, 0) is 13.2 Å². The third-order valence-electron chi connectivity index (χ3n) is 0.289. The van der Waals surface area contributed by atoms with Gasteiger partial charge >= 0.3 is 40.5 Å². The van der Waals surface area contributed by atoms with E-state index in [-0.39, 0.29) is 13.2 Å². The van der Waals surface area contributed by atoms with E-state index in [1.165, 1.54) is 12.8 Å². The summed E-state index contributed by atoms with van der Waals surface area (Å²) in [7, 11) is 0. The second-order valence-electron chi connectivity index (χ2n) is 0.967. The molecule has 0 bridgehead atoms. The van der Waals surface area contributed by atoms with Gasteiger partial charge in [-0.3, -0.25) is 0 Å². The van der Waals surface area contributed by atoms with E-state index in [4.69, 9.17) is 0 Å². The minimum atomic E-state index is -0.250. The predicted octanol–water partition coefficient (Wildman–Crippen LogP) is 2.67. The summed E-state index contributed by atoms with van der Waals surface area (Å²) in [6.07, 6.45) is 5.00. The first-order valence-corrected chi connectivity index (χ1v) is 15.7. The Balaban J connectivity index is 0.0000000833. The fourth-order valence-electron chi connectivity index (χ4n) is 0. The molecule has 1 aliphatic carbocycles. The van der Waals surface area contributed by atoms with E-state index in [0.717, 1.165) is 0 Å². The number of halogens is 2. The smallest absolute Gasteiger partial charge is 0.0386 e. The molecule has 0 aliphatic heterocycles. The number of rotatable bonds is 0. The molecule has 0 aromatic rings. The molecule has 3 heteroatoms. The quantitative estimate of drug-likeness (QED) is 0.591. The van der Waals surface area contributed by atoms with Crippen LogP contribution in [0, 0.1) is 6.42 Å². The maximum atomic E-state index is 3.25. The molecule has 0 N–H and O–H groups in total. The molecule has 0 amide bonds. The summed E-state index contributed by atoms with van der Waals surface area (Å²) in [6.45, 7) is 0. The molecular weight excluding hydrogens is 261 g/mol. The molecule has 1 fully saturated rings. The van der Waals surface area contributed by atoms with Gasteiger partial charge in [-0.1, -0.05) is 0 Å². The zero-order valence-electron chi connectivity index (χ0n) is 3.45. The Bertz CT molecular complexity index is 20.0. The van der Waals surface area contributed by atoms with Gasteiger partial charge in [0.15, 0.2) is 0 Å². The molecule has 0 aromatic carbocycles. The Morgan fingerprint density at radius 2 is 1.50 bits per heavy atom. The summed E-state index contributed by atoms with van der Waals surface area (Å²) < 4.78 is 0. The molecule has 0 spiro atoms. The fourth-order valence-corrected chi connectivity index (χ4v) is 0. The first-order valence-electron chi connectivity index (χ1n) is 1.85. The molecule has 0 saturated heterocycles. The Hall–Kier alpha value is 1.58. The second-order valence-corrected chi connectivity index (χ2v) is 15.0. The number of hydrogen-bond donors (Lipinski definition) is 0. The van der Waals surface area contributed by atoms with Gasteiger partial charge in [-0.25, -0.2) is 0 Å². The molecule has 1 saturated carbocycles. The van der Waals surface area contributed by atoms with E-state index in [1.54, 1.807) is 0 Å². The first-order chi connectivity index (χ1) is 2.91. The minimum absolute atomic E-state index is 0.250. The van der Waals surface area contributed by atoms with Gasteiger partial charge in [-0.15, -0.1) is 0 Å². The van der Waals surface area contributed by atoms with Crippen LogP contribution in [-0.4, -0.2) is 0 Å². The van der Waals surface area contributed by atoms with E-state index in [1.807, 2.05) is 0 Å². The largest absolute Gasteiger partial charge is 0.0499 e. The first kappa shape index (κ1) is 7.58. The van der Waals surface area contributed by atoms with Gasteiger partial charge in [0.05, 0.1) is 0 Å². The number of hydrogen-bond acceptors (Lipinski definition) is 0. The van der Waals surface area contributed by atoms with Gasteiger partial charge in [0.1, 0.15) is 0 Å². The topological polar surface area (TPSA) is 0 Å². The summed E-state index contributed by atoms with van der Waals surface area (Å²) in [5, 5.41) is 0. The monoisotopic (exact) mass is 263 g/mol. The van der Waals surface area contributed by atoms with Crippen molar-refractivity contribution in [2.75, 3.05) is 0 Å². The normalized spacial score (nSPS) is 13.7. The molecule has 33 valence electrons. The van der Waals surface area contributed by atoms with Gasteiger partial charge in [0.2, 0.25) is 0 Å². The maximum Gasteiger partial charge on any atom is -0.0386 e. The van der Waals surface area contributed by atoms with E-state index in [9.17, 15) is 0 Å². The van der Waals surface area contributed by atoms with Crippen LogP contribution < -0.4 is 0 Å². The van der Waals surface area contributed by atoms with Gasteiger partial charge in [-0.2, -0.15) is 0 Å². The van der Waals surface area contributed by atoms with Crippen LogP contribution in [0.5, 0.6) is 0 Å². The molecule has 0 heterocycles. The third kappa shape index (κ3) is 17.6. The summed E-state index contributed by atoms with van der Waals surface area (Å²) >= 11 is 6.25. The van der Waals surface area contributed by atoms with Crippen molar-refractivity contribution in [1.82, 2.24) is 0 Å². The maximum absolute atomic E-state index is 3.25. The van der Waals surface area contributed by atoms with E-state index in [0.29, 0.717) is 0 Å². The van der Waals surface area contributed by atoms with Crippen LogP contribution in [0.15, 0.2) is 0 Å². The van der Waals surface area contributed by atoms with Crippen LogP contribution in [0.25, 0.3) is 0 Å². The van der Waals surface area contributed by atoms with Crippen molar-refractivity contribution < 1.29 is 13.2 Å². The summed E-state index contributed by atoms with van der Waals surface area (Å²) in [5.41, 5.74) is 0. The third-order valence-corrected chi connectivity index (χ3v) is 0.289. The molecule has 1 rings (SSSR count). The molecule has 1 aliphatic rings. The van der Waals surface area contributed by atoms with Crippen molar-refractivity contribution in [2.45, 2.75) is 12.8 Å². The molecule has 0 nitrogen and oxygen atoms in total. The second kappa shape index (κ2) is 6.58. The van der Waals surface area contributed by atoms with Crippen molar-refractivity contribution in [2.24, 2.45) is 0 Å². The van der Waals surface area contributed by atoms with Gasteiger partial charge in [0.25, 0.3) is 0 Å². The van der Waals surface area contributed by atoms with Gasteiger partial charge in [0, 0.05) is 0 Å². The van der Waals surface area contributed by atoms with E-state index in [2.05, 4.69) is 33.7 Å². The van der Waals surface area contributed by atoms with Crippen molar-refractivity contribution in [3.05, 3.63) is 6.42 Å². The zero-order valence-corrected chi connectivity index (χ0v) is 9.59. The fraction of sp³-hybridized carbons (Fsp3) is 0.667. The van der Waals surface area contributed by atoms with Gasteiger partial charge < -0.3 is 0 Å². The SMILES string of the molecule is [Br][Zn][Br].[CH]1CC1. The zero-order chi connectivity index (χ0) is 4.83. The van der Waals surface area contributed by atoms with Crippen LogP contribution in [0.4, 0.5) is 0 Å². The molecule has 0 unspecified atom stereocenters. The summed E-state index contributed by atoms with van der Waals surface area (Å²) in [4.78, 5) is 0. The van der Waals surface area contributed by atoms with Crippen LogP contribution in [0.1, 0.15) is 12.8 Å². The van der Waals surface area contributed by atoms with Crippen molar-refractivity contribution in [1.29, 1.82) is 0 Å². The Kier molecular flexibility index (Phi) is 8.32. The average Bonchev–Trinajstić information content (AvgIpc) is 2.11. The molecule has 1 radical (unpaired) electrons. The summed E-state index contributed by atoms with van der Waals surface area (Å²) in [5.74, 6) is 0. The molecule has 0 atom stereocenters. The van der Waals surface area contributed by atoms with Gasteiger partial charge in [-0.05, 0) is 19.3 Å². The van der Waals surface area contributed by atoms with Crippen molar-refractivity contribution >= 4 is 27.2 Å². The molecule has 6 heavy (non-hydrogen) atoms. The Labute approximate surface area is 59.4 Å². The molecular formula is C3H5Br2Zn. The van der Waals surface area contributed by atoms with Crippen LogP contribution in [0.3, 0.4) is 0 Å². The Morgan fingerprint density at radius 1 is 1.33 bits per heavy atom. The molecule has 0 aromatic heterocycles. The van der Waals surface area contributed by atoms with Crippen molar-refractivity contribution in [3.63, 3.8) is 0 Å². The van der Waals surface area contributed by atoms with Crippen molar-refractivity contribution in [3.8, 4) is 0 Å². The van der Waals surface area contributed by atoms with E-state index < -0.39 is 0 Å². The predicted molar refractivity (Wildman–Crippen MR) is 31.4 cm³/mol. The van der Waals surface area contributed by atoms with E-state index >= 15 is 0 Å². The van der Waals surface area contributed by atoms with Crippen LogP contribution in [0.2, 0.25) is 0 Å². The average molecular weight is 266 g/mol. The minimum Gasteiger partial charge on any atom is -0.0499 e. The van der Waals surface area contributed by atoms with Crippen LogP contribution >= 0.6 is 27.2 Å². The summed E-state index contributed by atoms with van der Waals surface area (Å²) in [6, 6.07) is 0. The standard InChI is InChI=1S/C3H5.2BrH.Zn/c1-2-3-1;;;/h1H,2-3H2;2*1H;/q;;;+2/p-2. The Morgan fingerprint density at radius 3 is 1.50 bits per heavy atom.